The summed E-state index contributed by atoms with van der Waals surface area (Å²) in [6, 6.07) is 10.6. The van der Waals surface area contributed by atoms with Crippen LogP contribution >= 0.6 is 0 Å². The Morgan fingerprint density at radius 3 is 2.43 bits per heavy atom. The number of hydrogen-bond donors (Lipinski definition) is 0. The van der Waals surface area contributed by atoms with Gasteiger partial charge in [0, 0.05) is 12.1 Å². The molecule has 4 heteroatoms. The van der Waals surface area contributed by atoms with E-state index in [2.05, 4.69) is 55.9 Å². The molecule has 0 aromatic heterocycles. The van der Waals surface area contributed by atoms with E-state index in [4.69, 9.17) is 4.74 Å². The van der Waals surface area contributed by atoms with Gasteiger partial charge in [-0.25, -0.2) is 4.79 Å². The summed E-state index contributed by atoms with van der Waals surface area (Å²) < 4.78 is 4.70. The lowest BCUT2D eigenvalue weighted by atomic mass is 10.0. The highest BCUT2D eigenvalue weighted by Crippen LogP contribution is 2.12. The Hall–Kier alpha value is -1.39. The Balaban J connectivity index is 2.83. The number of ether oxygens (including phenoxy) is 1. The number of carbonyl (C=O) groups is 1. The Bertz CT molecular complexity index is 465. The monoisotopic (exact) mass is 305 g/mol. The molecule has 0 heterocycles. The van der Waals surface area contributed by atoms with Crippen molar-refractivity contribution < 1.29 is 9.53 Å². The fourth-order valence-electron chi connectivity index (χ4n) is 2.35. The molecule has 1 rings (SSSR count). The van der Waals surface area contributed by atoms with E-state index in [1.807, 2.05) is 12.1 Å². The molecule has 1 aromatic rings. The minimum Gasteiger partial charge on any atom is -0.466 e. The lowest BCUT2D eigenvalue weighted by Crippen LogP contribution is -2.43. The van der Waals surface area contributed by atoms with Crippen molar-refractivity contribution in [1.29, 1.82) is 0 Å². The molecule has 0 saturated heterocycles. The van der Waals surface area contributed by atoms with Gasteiger partial charge in [-0.15, -0.1) is 0 Å². The van der Waals surface area contributed by atoms with Crippen molar-refractivity contribution in [3.63, 3.8) is 0 Å². The highest BCUT2D eigenvalue weighted by molar-refractivity contribution is 6.76. The maximum absolute atomic E-state index is 11.4. The normalized spacial score (nSPS) is 13.6. The molecular weight excluding hydrogens is 278 g/mol. The molecule has 1 aromatic carbocycles. The van der Waals surface area contributed by atoms with Crippen molar-refractivity contribution in [2.24, 2.45) is 0 Å². The second kappa shape index (κ2) is 8.15. The topological polar surface area (TPSA) is 29.5 Å². The molecule has 0 bridgehead atoms. The van der Waals surface area contributed by atoms with Gasteiger partial charge in [-0.3, -0.25) is 0 Å². The first kappa shape index (κ1) is 17.7. The molecule has 3 nitrogen and oxygen atoms in total. The van der Waals surface area contributed by atoms with Gasteiger partial charge in [0.15, 0.2) is 0 Å². The number of methoxy groups -OCH3 is 1. The standard InChI is InChI=1S/C17H27NO2Si/c1-18(14-21(3,4)5)16(11-12-17(19)20-2)13-15-9-7-6-8-10-15/h6-12,16H,13-14H2,1-5H3/b12-11+. The predicted molar refractivity (Wildman–Crippen MR) is 91.1 cm³/mol. The summed E-state index contributed by atoms with van der Waals surface area (Å²) in [5, 5.41) is 0. The van der Waals surface area contributed by atoms with Gasteiger partial charge in [0.25, 0.3) is 0 Å². The molecule has 0 aliphatic heterocycles. The lowest BCUT2D eigenvalue weighted by molar-refractivity contribution is -0.134. The molecule has 1 atom stereocenters. The lowest BCUT2D eigenvalue weighted by Gasteiger charge is -2.31. The summed E-state index contributed by atoms with van der Waals surface area (Å²) >= 11 is 0. The first-order valence-electron chi connectivity index (χ1n) is 7.32. The molecule has 0 spiro atoms. The third-order valence-corrected chi connectivity index (χ3v) is 4.68. The third-order valence-electron chi connectivity index (χ3n) is 3.23. The maximum Gasteiger partial charge on any atom is 0.330 e. The Morgan fingerprint density at radius 1 is 1.29 bits per heavy atom. The molecule has 0 aliphatic rings. The van der Waals surface area contributed by atoms with Gasteiger partial charge in [-0.05, 0) is 25.2 Å². The van der Waals surface area contributed by atoms with Crippen molar-refractivity contribution in [2.75, 3.05) is 20.3 Å². The van der Waals surface area contributed by atoms with Crippen LogP contribution in [0.2, 0.25) is 19.6 Å². The minimum absolute atomic E-state index is 0.207. The molecule has 116 valence electrons. The van der Waals surface area contributed by atoms with Crippen LogP contribution < -0.4 is 0 Å². The Kier molecular flexibility index (Phi) is 6.85. The average molecular weight is 305 g/mol. The fourth-order valence-corrected chi connectivity index (χ4v) is 4.08. The first-order valence-corrected chi connectivity index (χ1v) is 11.0. The number of esters is 1. The molecule has 0 saturated carbocycles. The molecule has 21 heavy (non-hydrogen) atoms. The van der Waals surface area contributed by atoms with E-state index < -0.39 is 8.07 Å². The largest absolute Gasteiger partial charge is 0.466 e. The number of nitrogens with zero attached hydrogens (tertiary/aromatic N) is 1. The van der Waals surface area contributed by atoms with Crippen molar-refractivity contribution in [1.82, 2.24) is 4.90 Å². The second-order valence-electron chi connectivity index (χ2n) is 6.62. The van der Waals surface area contributed by atoms with Crippen LogP contribution in [0.4, 0.5) is 0 Å². The fraction of sp³-hybridized carbons (Fsp3) is 0.471. The van der Waals surface area contributed by atoms with Gasteiger partial charge in [0.1, 0.15) is 0 Å². The zero-order valence-corrected chi connectivity index (χ0v) is 14.8. The van der Waals surface area contributed by atoms with Crippen LogP contribution in [0.5, 0.6) is 0 Å². The van der Waals surface area contributed by atoms with E-state index in [-0.39, 0.29) is 12.0 Å². The van der Waals surface area contributed by atoms with E-state index >= 15 is 0 Å². The Morgan fingerprint density at radius 2 is 1.90 bits per heavy atom. The third kappa shape index (κ3) is 7.25. The van der Waals surface area contributed by atoms with E-state index in [9.17, 15) is 4.79 Å². The van der Waals surface area contributed by atoms with Crippen LogP contribution in [0.1, 0.15) is 5.56 Å². The molecule has 0 amide bonds. The van der Waals surface area contributed by atoms with E-state index in [0.29, 0.717) is 0 Å². The van der Waals surface area contributed by atoms with Crippen LogP contribution in [0.15, 0.2) is 42.5 Å². The SMILES string of the molecule is COC(=O)/C=C/C(Cc1ccccc1)N(C)C[Si](C)(C)C. The second-order valence-corrected chi connectivity index (χ2v) is 12.1. The number of hydrogen-bond acceptors (Lipinski definition) is 3. The molecule has 0 fully saturated rings. The summed E-state index contributed by atoms with van der Waals surface area (Å²) in [6.07, 6.45) is 5.48. The number of likely N-dealkylation sites (N-methyl/N-ethyl adjacent to an activating group) is 1. The van der Waals surface area contributed by atoms with Crippen LogP contribution in [0.25, 0.3) is 0 Å². The summed E-state index contributed by atoms with van der Waals surface area (Å²) in [5.41, 5.74) is 1.28. The van der Waals surface area contributed by atoms with Crippen molar-refractivity contribution in [2.45, 2.75) is 32.1 Å². The van der Waals surface area contributed by atoms with E-state index in [1.54, 1.807) is 0 Å². The molecular formula is C17H27NO2Si. The minimum atomic E-state index is -1.19. The highest BCUT2D eigenvalue weighted by Gasteiger charge is 2.21. The zero-order valence-electron chi connectivity index (χ0n) is 13.8. The number of benzene rings is 1. The first-order chi connectivity index (χ1) is 9.81. The van der Waals surface area contributed by atoms with Crippen LogP contribution in [-0.2, 0) is 16.0 Å². The summed E-state index contributed by atoms with van der Waals surface area (Å²) in [5.74, 6) is -0.297. The van der Waals surface area contributed by atoms with Gasteiger partial charge < -0.3 is 9.64 Å². The smallest absolute Gasteiger partial charge is 0.330 e. The van der Waals surface area contributed by atoms with Crippen molar-refractivity contribution >= 4 is 14.0 Å². The van der Waals surface area contributed by atoms with Crippen molar-refractivity contribution in [3.05, 3.63) is 48.0 Å². The van der Waals surface area contributed by atoms with Gasteiger partial charge in [-0.2, -0.15) is 0 Å². The summed E-state index contributed by atoms with van der Waals surface area (Å²) in [4.78, 5) is 13.7. The van der Waals surface area contributed by atoms with E-state index in [0.717, 1.165) is 12.6 Å². The highest BCUT2D eigenvalue weighted by atomic mass is 28.3. The quantitative estimate of drug-likeness (QED) is 0.440. The van der Waals surface area contributed by atoms with Crippen LogP contribution in [0.3, 0.4) is 0 Å². The molecule has 1 unspecified atom stereocenters. The van der Waals surface area contributed by atoms with Gasteiger partial charge in [-0.1, -0.05) is 56.0 Å². The summed E-state index contributed by atoms with van der Waals surface area (Å²) in [6.45, 7) is 7.06. The molecule has 0 N–H and O–H groups in total. The maximum atomic E-state index is 11.4. The number of rotatable bonds is 7. The Labute approximate surface area is 129 Å². The van der Waals surface area contributed by atoms with Crippen molar-refractivity contribution in [3.8, 4) is 0 Å². The predicted octanol–water partition coefficient (Wildman–Crippen LogP) is 3.14. The van der Waals surface area contributed by atoms with Gasteiger partial charge in [0.05, 0.1) is 15.2 Å². The van der Waals surface area contributed by atoms with Crippen LogP contribution in [0, 0.1) is 0 Å². The van der Waals surface area contributed by atoms with E-state index in [1.165, 1.54) is 18.7 Å². The number of carbonyl (C=O) groups excluding carboxylic acids is 1. The molecule has 0 aliphatic carbocycles. The molecule has 0 radical (unpaired) electrons. The average Bonchev–Trinajstić information content (AvgIpc) is 2.42. The summed E-state index contributed by atoms with van der Waals surface area (Å²) in [7, 11) is 2.35. The zero-order chi connectivity index (χ0) is 15.9. The van der Waals surface area contributed by atoms with Crippen LogP contribution in [-0.4, -0.2) is 45.3 Å². The van der Waals surface area contributed by atoms with Gasteiger partial charge >= 0.3 is 5.97 Å². The van der Waals surface area contributed by atoms with Gasteiger partial charge in [0.2, 0.25) is 0 Å².